The Morgan fingerprint density at radius 2 is 1.84 bits per heavy atom. The number of likely N-dealkylation sites (tertiary alicyclic amines) is 1. The number of nitrogens with one attached hydrogen (secondary N) is 2. The van der Waals surface area contributed by atoms with Crippen molar-refractivity contribution in [1.29, 1.82) is 0 Å². The predicted octanol–water partition coefficient (Wildman–Crippen LogP) is 2.35. The van der Waals surface area contributed by atoms with E-state index in [1.807, 2.05) is 25.1 Å². The van der Waals surface area contributed by atoms with Gasteiger partial charge in [0.05, 0.1) is 0 Å². The molecule has 138 valence electrons. The summed E-state index contributed by atoms with van der Waals surface area (Å²) in [6, 6.07) is 7.46. The maximum absolute atomic E-state index is 12.1. The summed E-state index contributed by atoms with van der Waals surface area (Å²) in [6.07, 6.45) is 3.87. The minimum Gasteiger partial charge on any atom is -0.356 e. The van der Waals surface area contributed by atoms with Crippen LogP contribution >= 0.6 is 0 Å². The number of hydrogen-bond donors (Lipinski definition) is 2. The van der Waals surface area contributed by atoms with Crippen LogP contribution in [0.15, 0.2) is 24.3 Å². The maximum atomic E-state index is 12.1. The Hall–Kier alpha value is -1.88. The molecule has 25 heavy (non-hydrogen) atoms. The Labute approximate surface area is 151 Å². The van der Waals surface area contributed by atoms with Crippen LogP contribution in [0.25, 0.3) is 0 Å². The highest BCUT2D eigenvalue weighted by Gasteiger charge is 2.15. The molecule has 2 amide bonds. The quantitative estimate of drug-likeness (QED) is 0.711. The van der Waals surface area contributed by atoms with Gasteiger partial charge in [0.15, 0.2) is 0 Å². The van der Waals surface area contributed by atoms with Gasteiger partial charge in [0.2, 0.25) is 5.91 Å². The molecule has 0 aromatic heterocycles. The summed E-state index contributed by atoms with van der Waals surface area (Å²) in [5.74, 6) is 0.730. The van der Waals surface area contributed by atoms with Gasteiger partial charge >= 0.3 is 0 Å². The van der Waals surface area contributed by atoms with Crippen molar-refractivity contribution in [1.82, 2.24) is 15.5 Å². The van der Waals surface area contributed by atoms with E-state index in [-0.39, 0.29) is 11.8 Å². The Kier molecular flexibility index (Phi) is 7.92. The van der Waals surface area contributed by atoms with Crippen LogP contribution in [0, 0.1) is 12.8 Å². The molecule has 1 aliphatic rings. The first-order chi connectivity index (χ1) is 12.1. The third kappa shape index (κ3) is 6.86. The molecule has 5 heteroatoms. The highest BCUT2D eigenvalue weighted by Crippen LogP contribution is 2.15. The summed E-state index contributed by atoms with van der Waals surface area (Å²) in [5, 5.41) is 5.75. The predicted molar refractivity (Wildman–Crippen MR) is 101 cm³/mol. The van der Waals surface area contributed by atoms with E-state index >= 15 is 0 Å². The van der Waals surface area contributed by atoms with Crippen LogP contribution in [0.5, 0.6) is 0 Å². The summed E-state index contributed by atoms with van der Waals surface area (Å²) in [4.78, 5) is 26.4. The molecular weight excluding hydrogens is 314 g/mol. The molecule has 0 radical (unpaired) electrons. The van der Waals surface area contributed by atoms with E-state index in [1.165, 1.54) is 25.9 Å². The zero-order valence-electron chi connectivity index (χ0n) is 15.5. The normalized spacial score (nSPS) is 15.8. The summed E-state index contributed by atoms with van der Waals surface area (Å²) < 4.78 is 0. The Morgan fingerprint density at radius 1 is 1.12 bits per heavy atom. The topological polar surface area (TPSA) is 61.4 Å². The van der Waals surface area contributed by atoms with E-state index < -0.39 is 0 Å². The van der Waals surface area contributed by atoms with Crippen LogP contribution in [-0.4, -0.2) is 49.4 Å². The van der Waals surface area contributed by atoms with Gasteiger partial charge in [-0.3, -0.25) is 9.59 Å². The number of hydrogen-bond acceptors (Lipinski definition) is 3. The van der Waals surface area contributed by atoms with Gasteiger partial charge in [0.25, 0.3) is 5.91 Å². The number of amides is 2. The third-order valence-corrected chi connectivity index (χ3v) is 4.88. The molecule has 0 unspecified atom stereocenters. The maximum Gasteiger partial charge on any atom is 0.251 e. The molecule has 1 aromatic rings. The van der Waals surface area contributed by atoms with Crippen LogP contribution in [0.4, 0.5) is 0 Å². The van der Waals surface area contributed by atoms with Gasteiger partial charge in [-0.05, 0) is 63.4 Å². The number of benzene rings is 1. The van der Waals surface area contributed by atoms with Gasteiger partial charge in [-0.2, -0.15) is 0 Å². The summed E-state index contributed by atoms with van der Waals surface area (Å²) in [6.45, 7) is 8.71. The van der Waals surface area contributed by atoms with Crippen LogP contribution < -0.4 is 10.6 Å². The second-order valence-electron chi connectivity index (χ2n) is 7.05. The number of rotatable bonds is 8. The minimum atomic E-state index is -0.120. The second-order valence-corrected chi connectivity index (χ2v) is 7.05. The van der Waals surface area contributed by atoms with Crippen molar-refractivity contribution in [2.45, 2.75) is 39.5 Å². The zero-order chi connectivity index (χ0) is 18.1. The van der Waals surface area contributed by atoms with Gasteiger partial charge in [0, 0.05) is 25.1 Å². The number of carbonyl (C=O) groups is 2. The lowest BCUT2D eigenvalue weighted by Gasteiger charge is -2.30. The molecule has 0 spiro atoms. The smallest absolute Gasteiger partial charge is 0.251 e. The van der Waals surface area contributed by atoms with E-state index in [4.69, 9.17) is 0 Å². The Morgan fingerprint density at radius 3 is 2.56 bits per heavy atom. The van der Waals surface area contributed by atoms with Crippen molar-refractivity contribution < 1.29 is 9.59 Å². The number of aryl methyl sites for hydroxylation is 1. The third-order valence-electron chi connectivity index (χ3n) is 4.88. The molecule has 5 nitrogen and oxygen atoms in total. The second kappa shape index (κ2) is 10.2. The van der Waals surface area contributed by atoms with Gasteiger partial charge < -0.3 is 15.5 Å². The lowest BCUT2D eigenvalue weighted by molar-refractivity contribution is -0.120. The molecule has 2 rings (SSSR count). The molecule has 1 aromatic carbocycles. The fourth-order valence-electron chi connectivity index (χ4n) is 3.12. The fraction of sp³-hybridized carbons (Fsp3) is 0.600. The molecule has 1 aliphatic heterocycles. The number of nitrogens with zero attached hydrogens (tertiary/aromatic N) is 1. The first kappa shape index (κ1) is 19.4. The lowest BCUT2D eigenvalue weighted by atomic mass is 9.99. The van der Waals surface area contributed by atoms with Crippen molar-refractivity contribution in [3.63, 3.8) is 0 Å². The van der Waals surface area contributed by atoms with Crippen LogP contribution in [0.2, 0.25) is 0 Å². The summed E-state index contributed by atoms with van der Waals surface area (Å²) >= 11 is 0. The Bertz CT molecular complexity index is 566. The largest absolute Gasteiger partial charge is 0.356 e. The van der Waals surface area contributed by atoms with E-state index in [0.29, 0.717) is 25.1 Å². The van der Waals surface area contributed by atoms with E-state index in [9.17, 15) is 9.59 Å². The van der Waals surface area contributed by atoms with E-state index in [0.717, 1.165) is 24.4 Å². The molecule has 1 heterocycles. The van der Waals surface area contributed by atoms with Crippen molar-refractivity contribution >= 4 is 11.8 Å². The van der Waals surface area contributed by atoms with Crippen LogP contribution in [-0.2, 0) is 4.79 Å². The summed E-state index contributed by atoms with van der Waals surface area (Å²) in [7, 11) is 0. The van der Waals surface area contributed by atoms with E-state index in [1.54, 1.807) is 6.07 Å². The lowest BCUT2D eigenvalue weighted by Crippen LogP contribution is -2.36. The van der Waals surface area contributed by atoms with Crippen molar-refractivity contribution in [2.24, 2.45) is 5.92 Å². The molecule has 2 N–H and O–H groups in total. The molecule has 0 aliphatic carbocycles. The molecule has 1 fully saturated rings. The van der Waals surface area contributed by atoms with Crippen molar-refractivity contribution in [3.05, 3.63) is 35.4 Å². The van der Waals surface area contributed by atoms with Crippen molar-refractivity contribution in [3.8, 4) is 0 Å². The van der Waals surface area contributed by atoms with Gasteiger partial charge in [-0.25, -0.2) is 0 Å². The number of piperidine rings is 1. The molecule has 1 saturated heterocycles. The standard InChI is InChI=1S/C20H31N3O2/c1-16-9-14-23(15-10-16)13-5-11-21-19(24)8-12-22-20(25)18-7-4-3-6-17(18)2/h3-4,6-7,16H,5,8-15H2,1-2H3,(H,21,24)(H,22,25). The Balaban J connectivity index is 1.54. The van der Waals surface area contributed by atoms with Gasteiger partial charge in [0.1, 0.15) is 0 Å². The first-order valence-electron chi connectivity index (χ1n) is 9.39. The van der Waals surface area contributed by atoms with Crippen LogP contribution in [0.1, 0.15) is 48.5 Å². The number of carbonyl (C=O) groups excluding carboxylic acids is 2. The average molecular weight is 345 g/mol. The highest BCUT2D eigenvalue weighted by atomic mass is 16.2. The highest BCUT2D eigenvalue weighted by molar-refractivity contribution is 5.95. The van der Waals surface area contributed by atoms with Crippen molar-refractivity contribution in [2.75, 3.05) is 32.7 Å². The zero-order valence-corrected chi connectivity index (χ0v) is 15.5. The fourth-order valence-corrected chi connectivity index (χ4v) is 3.12. The van der Waals surface area contributed by atoms with Gasteiger partial charge in [-0.1, -0.05) is 25.1 Å². The first-order valence-corrected chi connectivity index (χ1v) is 9.39. The summed E-state index contributed by atoms with van der Waals surface area (Å²) in [5.41, 5.74) is 1.61. The molecule has 0 atom stereocenters. The van der Waals surface area contributed by atoms with Crippen LogP contribution in [0.3, 0.4) is 0 Å². The van der Waals surface area contributed by atoms with Gasteiger partial charge in [-0.15, -0.1) is 0 Å². The average Bonchev–Trinajstić information content (AvgIpc) is 2.60. The molecule has 0 saturated carbocycles. The molecular formula is C20H31N3O2. The minimum absolute atomic E-state index is 0.00245. The SMILES string of the molecule is Cc1ccccc1C(=O)NCCC(=O)NCCCN1CCC(C)CC1. The van der Waals surface area contributed by atoms with E-state index in [2.05, 4.69) is 22.5 Å². The monoisotopic (exact) mass is 345 g/mol. The molecule has 0 bridgehead atoms.